The Bertz CT molecular complexity index is 1010. The summed E-state index contributed by atoms with van der Waals surface area (Å²) in [6.45, 7) is 12.3. The predicted molar refractivity (Wildman–Crippen MR) is 130 cm³/mol. The Kier molecular flexibility index (Phi) is 12.0. The van der Waals surface area contributed by atoms with Crippen molar-refractivity contribution in [2.24, 2.45) is 0 Å². The van der Waals surface area contributed by atoms with Crippen LogP contribution in [0.1, 0.15) is 35.6 Å². The van der Waals surface area contributed by atoms with E-state index in [4.69, 9.17) is 24.8 Å². The first kappa shape index (κ1) is 30.6. The van der Waals surface area contributed by atoms with Crippen LogP contribution >= 0.6 is 0 Å². The number of aryl methyl sites for hydroxylation is 2. The summed E-state index contributed by atoms with van der Waals surface area (Å²) in [5, 5.41) is 38.4. The van der Waals surface area contributed by atoms with Gasteiger partial charge < -0.3 is 29.7 Å². The Hall–Kier alpha value is -3.48. The van der Waals surface area contributed by atoms with E-state index in [1.165, 1.54) is 5.56 Å². The summed E-state index contributed by atoms with van der Waals surface area (Å²) < 4.78 is 7.69. The molecular formula is C24H36N4O8. The normalized spacial score (nSPS) is 11.3. The number of hydrogen-bond acceptors (Lipinski definition) is 8. The van der Waals surface area contributed by atoms with Gasteiger partial charge in [0.15, 0.2) is 5.60 Å². The van der Waals surface area contributed by atoms with E-state index in [2.05, 4.69) is 54.8 Å². The third-order valence-electron chi connectivity index (χ3n) is 5.08. The monoisotopic (exact) mass is 508 g/mol. The molecule has 200 valence electrons. The fourth-order valence-electron chi connectivity index (χ4n) is 3.24. The molecule has 0 aliphatic carbocycles. The zero-order chi connectivity index (χ0) is 27.5. The molecule has 2 rings (SSSR count). The Morgan fingerprint density at radius 1 is 1.08 bits per heavy atom. The fourth-order valence-corrected chi connectivity index (χ4v) is 3.24. The molecule has 0 amide bonds. The smallest absolute Gasteiger partial charge is 0.336 e. The van der Waals surface area contributed by atoms with E-state index in [-0.39, 0.29) is 0 Å². The average molecular weight is 509 g/mol. The van der Waals surface area contributed by atoms with Crippen LogP contribution in [0.15, 0.2) is 35.4 Å². The first-order valence-corrected chi connectivity index (χ1v) is 11.2. The summed E-state index contributed by atoms with van der Waals surface area (Å²) in [6.07, 6.45) is 1.70. The zero-order valence-electron chi connectivity index (χ0n) is 21.2. The SMILES string of the molecule is C=CCn1cc(CN(CCN(C)C)Cc2ccc(C)o2)c(C)n1.O=C(O)CC(O)(CC(=O)O)C(=O)O. The Morgan fingerprint density at radius 3 is 2.14 bits per heavy atom. The number of carboxylic acid groups (broad SMARTS) is 3. The van der Waals surface area contributed by atoms with E-state index in [9.17, 15) is 14.4 Å². The van der Waals surface area contributed by atoms with Crippen LogP contribution in [0.4, 0.5) is 0 Å². The molecule has 0 bridgehead atoms. The number of aliphatic hydroxyl groups is 1. The van der Waals surface area contributed by atoms with Gasteiger partial charge in [0, 0.05) is 31.4 Å². The van der Waals surface area contributed by atoms with Crippen LogP contribution < -0.4 is 0 Å². The van der Waals surface area contributed by atoms with Crippen molar-refractivity contribution in [2.75, 3.05) is 27.2 Å². The van der Waals surface area contributed by atoms with Crippen LogP contribution in [-0.2, 0) is 34.0 Å². The third kappa shape index (κ3) is 10.8. The summed E-state index contributed by atoms with van der Waals surface area (Å²) in [6, 6.07) is 4.08. The highest BCUT2D eigenvalue weighted by atomic mass is 16.4. The average Bonchev–Trinajstić information content (AvgIpc) is 3.30. The maximum Gasteiger partial charge on any atom is 0.336 e. The van der Waals surface area contributed by atoms with Gasteiger partial charge in [-0.25, -0.2) is 4.79 Å². The first-order valence-electron chi connectivity index (χ1n) is 11.2. The van der Waals surface area contributed by atoms with E-state index in [1.807, 2.05) is 23.7 Å². The molecule has 2 aromatic heterocycles. The molecule has 0 aliphatic heterocycles. The van der Waals surface area contributed by atoms with Crippen LogP contribution in [0.25, 0.3) is 0 Å². The van der Waals surface area contributed by atoms with Crippen LogP contribution in [0.3, 0.4) is 0 Å². The second-order valence-electron chi connectivity index (χ2n) is 8.75. The van der Waals surface area contributed by atoms with Crippen molar-refractivity contribution in [1.29, 1.82) is 0 Å². The van der Waals surface area contributed by atoms with Crippen molar-refractivity contribution in [3.8, 4) is 0 Å². The number of hydrogen-bond donors (Lipinski definition) is 4. The quantitative estimate of drug-likeness (QED) is 0.273. The highest BCUT2D eigenvalue weighted by Gasteiger charge is 2.40. The molecule has 0 radical (unpaired) electrons. The molecule has 4 N–H and O–H groups in total. The molecule has 0 atom stereocenters. The van der Waals surface area contributed by atoms with Gasteiger partial charge in [0.1, 0.15) is 11.5 Å². The highest BCUT2D eigenvalue weighted by molar-refractivity contribution is 5.88. The Morgan fingerprint density at radius 2 is 1.69 bits per heavy atom. The van der Waals surface area contributed by atoms with Gasteiger partial charge in [-0.15, -0.1) is 6.58 Å². The number of aromatic nitrogens is 2. The van der Waals surface area contributed by atoms with Gasteiger partial charge in [-0.05, 0) is 40.1 Å². The van der Waals surface area contributed by atoms with Gasteiger partial charge >= 0.3 is 17.9 Å². The molecule has 2 aromatic rings. The van der Waals surface area contributed by atoms with E-state index < -0.39 is 36.4 Å². The summed E-state index contributed by atoms with van der Waals surface area (Å²) in [4.78, 5) is 35.1. The van der Waals surface area contributed by atoms with Crippen LogP contribution in [0, 0.1) is 13.8 Å². The van der Waals surface area contributed by atoms with E-state index >= 15 is 0 Å². The summed E-state index contributed by atoms with van der Waals surface area (Å²) >= 11 is 0. The molecule has 0 fully saturated rings. The molecule has 12 heteroatoms. The minimum absolute atomic E-state index is 0.746. The predicted octanol–water partition coefficient (Wildman–Crippen LogP) is 1.59. The highest BCUT2D eigenvalue weighted by Crippen LogP contribution is 2.16. The van der Waals surface area contributed by atoms with Gasteiger partial charge in [-0.1, -0.05) is 6.08 Å². The van der Waals surface area contributed by atoms with Crippen molar-refractivity contribution in [3.05, 3.63) is 53.8 Å². The molecule has 0 saturated carbocycles. The second kappa shape index (κ2) is 14.2. The van der Waals surface area contributed by atoms with Gasteiger partial charge in [0.05, 0.1) is 31.6 Å². The number of carbonyl (C=O) groups is 3. The summed E-state index contributed by atoms with van der Waals surface area (Å²) in [5.74, 6) is -3.05. The molecule has 0 aliphatic rings. The third-order valence-corrected chi connectivity index (χ3v) is 5.08. The molecule has 0 aromatic carbocycles. The van der Waals surface area contributed by atoms with E-state index in [0.717, 1.165) is 49.9 Å². The summed E-state index contributed by atoms with van der Waals surface area (Å²) in [7, 11) is 4.20. The van der Waals surface area contributed by atoms with E-state index in [0.29, 0.717) is 0 Å². The minimum Gasteiger partial charge on any atom is -0.481 e. The maximum absolute atomic E-state index is 10.3. The molecule has 0 unspecified atom stereocenters. The lowest BCUT2D eigenvalue weighted by molar-refractivity contribution is -0.170. The largest absolute Gasteiger partial charge is 0.481 e. The number of likely N-dealkylation sites (N-methyl/N-ethyl adjacent to an activating group) is 1. The molecule has 12 nitrogen and oxygen atoms in total. The molecule has 0 saturated heterocycles. The van der Waals surface area contributed by atoms with Gasteiger partial charge in [0.2, 0.25) is 0 Å². The zero-order valence-corrected chi connectivity index (χ0v) is 21.2. The van der Waals surface area contributed by atoms with Gasteiger partial charge in [-0.3, -0.25) is 19.2 Å². The van der Waals surface area contributed by atoms with Crippen molar-refractivity contribution in [3.63, 3.8) is 0 Å². The molecule has 0 spiro atoms. The number of aliphatic carboxylic acids is 3. The standard InChI is InChI=1S/C18H28N4O.C6H8O7/c1-6-9-22-13-17(16(3)19-22)12-21(11-10-20(4)5)14-18-8-7-15(2)23-18;7-3(8)1-6(13,5(11)12)2-4(9)10/h6-8,13H,1,9-12,14H2,2-5H3;13H,1-2H2,(H,7,8)(H,9,10)(H,11,12). The van der Waals surface area contributed by atoms with E-state index in [1.54, 1.807) is 0 Å². The summed E-state index contributed by atoms with van der Waals surface area (Å²) in [5.41, 5.74) is -0.399. The Labute approximate surface area is 210 Å². The van der Waals surface area contributed by atoms with Crippen molar-refractivity contribution in [1.82, 2.24) is 19.6 Å². The number of furan rings is 1. The lowest BCUT2D eigenvalue weighted by atomic mass is 9.96. The van der Waals surface area contributed by atoms with Crippen molar-refractivity contribution < 1.29 is 39.2 Å². The first-order chi connectivity index (χ1) is 16.7. The van der Waals surface area contributed by atoms with Crippen molar-refractivity contribution >= 4 is 17.9 Å². The van der Waals surface area contributed by atoms with Crippen LogP contribution in [-0.4, -0.2) is 90.7 Å². The second-order valence-corrected chi connectivity index (χ2v) is 8.75. The van der Waals surface area contributed by atoms with Crippen molar-refractivity contribution in [2.45, 2.75) is 51.9 Å². The molecule has 36 heavy (non-hydrogen) atoms. The maximum atomic E-state index is 10.3. The topological polar surface area (TPSA) is 170 Å². The van der Waals surface area contributed by atoms with Crippen LogP contribution in [0.2, 0.25) is 0 Å². The van der Waals surface area contributed by atoms with Crippen LogP contribution in [0.5, 0.6) is 0 Å². The number of carboxylic acids is 3. The molecular weight excluding hydrogens is 472 g/mol. The van der Waals surface area contributed by atoms with Gasteiger partial charge in [0.25, 0.3) is 0 Å². The Balaban J connectivity index is 0.000000426. The lowest BCUT2D eigenvalue weighted by Crippen LogP contribution is -2.42. The number of rotatable bonds is 14. The minimum atomic E-state index is -2.74. The number of allylic oxidation sites excluding steroid dienone is 1. The fraction of sp³-hybridized carbons (Fsp3) is 0.500. The number of nitrogens with zero attached hydrogens (tertiary/aromatic N) is 4. The molecule has 2 heterocycles. The lowest BCUT2D eigenvalue weighted by Gasteiger charge is -2.23. The van der Waals surface area contributed by atoms with Gasteiger partial charge in [-0.2, -0.15) is 5.10 Å².